The highest BCUT2D eigenvalue weighted by atomic mass is 32.1. The van der Waals surface area contributed by atoms with Crippen LogP contribution >= 0.6 is 11.3 Å². The summed E-state index contributed by atoms with van der Waals surface area (Å²) >= 11 is 1.22. The highest BCUT2D eigenvalue weighted by Crippen LogP contribution is 2.23. The summed E-state index contributed by atoms with van der Waals surface area (Å²) in [5, 5.41) is 22.0. The van der Waals surface area contributed by atoms with E-state index in [1.165, 1.54) is 11.3 Å². The van der Waals surface area contributed by atoms with Crippen LogP contribution in [0.3, 0.4) is 0 Å². The Kier molecular flexibility index (Phi) is 4.78. The summed E-state index contributed by atoms with van der Waals surface area (Å²) in [5.74, 6) is 1.65. The van der Waals surface area contributed by atoms with Crippen LogP contribution in [0.1, 0.15) is 10.4 Å². The second kappa shape index (κ2) is 7.19. The van der Waals surface area contributed by atoms with Gasteiger partial charge < -0.3 is 4.57 Å². The van der Waals surface area contributed by atoms with Gasteiger partial charge >= 0.3 is 0 Å². The second-order valence-electron chi connectivity index (χ2n) is 5.31. The van der Waals surface area contributed by atoms with Gasteiger partial charge in [0.1, 0.15) is 0 Å². The number of nitrogens with zero attached hydrogens (tertiary/aromatic N) is 4. The number of carbonyl (C=O) groups is 1. The van der Waals surface area contributed by atoms with Crippen LogP contribution in [-0.4, -0.2) is 20.3 Å². The van der Waals surface area contributed by atoms with Crippen LogP contribution in [0.15, 0.2) is 47.5 Å². The number of terminal acetylenes is 1. The Hall–Kier alpha value is -3.84. The van der Waals surface area contributed by atoms with Crippen molar-refractivity contribution in [3.05, 3.63) is 73.1 Å². The van der Waals surface area contributed by atoms with E-state index in [0.717, 1.165) is 28.4 Å². The molecule has 9 nitrogen and oxygen atoms in total. The third-order valence-corrected chi connectivity index (χ3v) is 4.67. The fraction of sp³-hybridized carbons (Fsp3) is 0.0588. The number of benzene rings is 2. The molecule has 0 saturated heterocycles. The molecule has 3 aromatic rings. The fourth-order valence-corrected chi connectivity index (χ4v) is 3.46. The summed E-state index contributed by atoms with van der Waals surface area (Å²) in [6.07, 6.45) is 5.39. The number of carbonyl (C=O) groups excluding carboxylic acids is 1. The lowest BCUT2D eigenvalue weighted by molar-refractivity contribution is -0.394. The molecule has 27 heavy (non-hydrogen) atoms. The summed E-state index contributed by atoms with van der Waals surface area (Å²) in [4.78, 5) is 37.2. The lowest BCUT2D eigenvalue weighted by Crippen LogP contribution is -2.16. The summed E-state index contributed by atoms with van der Waals surface area (Å²) in [6, 6.07) is 10.0. The average molecular weight is 382 g/mol. The molecule has 1 aromatic heterocycles. The standard InChI is InChI=1S/C17H10N4O5S/c1-2-7-19-14-5-3-4-6-15(14)27-17(19)18-16(22)11-8-12(20(23)24)10-13(9-11)21(25)26/h1,3-6,8-10H,7H2. The van der Waals surface area contributed by atoms with Crippen molar-refractivity contribution in [2.45, 2.75) is 6.54 Å². The zero-order chi connectivity index (χ0) is 19.6. The first-order chi connectivity index (χ1) is 12.9. The van der Waals surface area contributed by atoms with Gasteiger partial charge in [-0.25, -0.2) is 0 Å². The first-order valence-electron chi connectivity index (χ1n) is 7.45. The molecular formula is C17H10N4O5S. The summed E-state index contributed by atoms with van der Waals surface area (Å²) in [7, 11) is 0. The number of aromatic nitrogens is 1. The number of amides is 1. The summed E-state index contributed by atoms with van der Waals surface area (Å²) in [6.45, 7) is 0.172. The van der Waals surface area contributed by atoms with Gasteiger partial charge in [-0.15, -0.1) is 6.42 Å². The van der Waals surface area contributed by atoms with Gasteiger partial charge in [-0.2, -0.15) is 4.99 Å². The minimum absolute atomic E-state index is 0.172. The molecule has 0 aliphatic heterocycles. The van der Waals surface area contributed by atoms with E-state index in [-0.39, 0.29) is 12.1 Å². The molecule has 0 aliphatic carbocycles. The number of nitro benzene ring substituents is 2. The van der Waals surface area contributed by atoms with Gasteiger partial charge in [-0.05, 0) is 12.1 Å². The molecule has 0 N–H and O–H groups in total. The minimum Gasteiger partial charge on any atom is -0.305 e. The molecule has 0 fully saturated rings. The number of thiazole rings is 1. The molecule has 2 aromatic carbocycles. The van der Waals surface area contributed by atoms with E-state index in [4.69, 9.17) is 6.42 Å². The molecule has 0 bridgehead atoms. The Morgan fingerprint density at radius 3 is 2.37 bits per heavy atom. The lowest BCUT2D eigenvalue weighted by Gasteiger charge is -2.00. The van der Waals surface area contributed by atoms with Gasteiger partial charge in [-0.1, -0.05) is 29.4 Å². The van der Waals surface area contributed by atoms with E-state index in [2.05, 4.69) is 10.9 Å². The van der Waals surface area contributed by atoms with E-state index >= 15 is 0 Å². The first-order valence-corrected chi connectivity index (χ1v) is 8.27. The molecule has 0 radical (unpaired) electrons. The molecule has 1 amide bonds. The smallest absolute Gasteiger partial charge is 0.280 e. The van der Waals surface area contributed by atoms with Crippen LogP contribution < -0.4 is 4.80 Å². The lowest BCUT2D eigenvalue weighted by atomic mass is 10.1. The molecule has 0 saturated carbocycles. The number of para-hydroxylation sites is 1. The molecular weight excluding hydrogens is 372 g/mol. The van der Waals surface area contributed by atoms with Crippen molar-refractivity contribution >= 4 is 38.8 Å². The van der Waals surface area contributed by atoms with Crippen molar-refractivity contribution in [2.24, 2.45) is 4.99 Å². The van der Waals surface area contributed by atoms with Gasteiger partial charge in [0, 0.05) is 12.1 Å². The van der Waals surface area contributed by atoms with E-state index < -0.39 is 27.1 Å². The van der Waals surface area contributed by atoms with Gasteiger partial charge in [0.15, 0.2) is 4.80 Å². The molecule has 3 rings (SSSR count). The number of rotatable bonds is 4. The highest BCUT2D eigenvalue weighted by Gasteiger charge is 2.20. The van der Waals surface area contributed by atoms with E-state index in [9.17, 15) is 25.0 Å². The van der Waals surface area contributed by atoms with Crippen LogP contribution in [0.5, 0.6) is 0 Å². The maximum atomic E-state index is 12.5. The van der Waals surface area contributed by atoms with Crippen molar-refractivity contribution in [3.63, 3.8) is 0 Å². The third kappa shape index (κ3) is 3.58. The molecule has 0 aliphatic rings. The zero-order valence-corrected chi connectivity index (χ0v) is 14.4. The Morgan fingerprint density at radius 1 is 1.15 bits per heavy atom. The van der Waals surface area contributed by atoms with E-state index in [0.29, 0.717) is 4.80 Å². The normalized spacial score (nSPS) is 11.3. The van der Waals surface area contributed by atoms with E-state index in [1.54, 1.807) is 4.57 Å². The maximum Gasteiger partial charge on any atom is 0.280 e. The second-order valence-corrected chi connectivity index (χ2v) is 6.32. The van der Waals surface area contributed by atoms with Crippen molar-refractivity contribution in [2.75, 3.05) is 0 Å². The van der Waals surface area contributed by atoms with Crippen LogP contribution in [0.4, 0.5) is 11.4 Å². The predicted molar refractivity (Wildman–Crippen MR) is 98.3 cm³/mol. The molecule has 0 spiro atoms. The third-order valence-electron chi connectivity index (χ3n) is 3.61. The maximum absolute atomic E-state index is 12.5. The monoisotopic (exact) mass is 382 g/mol. The highest BCUT2D eigenvalue weighted by molar-refractivity contribution is 7.16. The quantitative estimate of drug-likeness (QED) is 0.390. The Morgan fingerprint density at radius 2 is 1.78 bits per heavy atom. The minimum atomic E-state index is -0.834. The van der Waals surface area contributed by atoms with Crippen molar-refractivity contribution in [1.29, 1.82) is 0 Å². The largest absolute Gasteiger partial charge is 0.305 e. The van der Waals surface area contributed by atoms with Gasteiger partial charge in [0.25, 0.3) is 17.3 Å². The molecule has 0 unspecified atom stereocenters. The number of nitro groups is 2. The average Bonchev–Trinajstić information content (AvgIpc) is 2.99. The number of hydrogen-bond acceptors (Lipinski definition) is 6. The molecule has 0 atom stereocenters. The van der Waals surface area contributed by atoms with Gasteiger partial charge in [0.2, 0.25) is 0 Å². The summed E-state index contributed by atoms with van der Waals surface area (Å²) in [5.41, 5.74) is -0.580. The molecule has 10 heteroatoms. The van der Waals surface area contributed by atoms with Crippen LogP contribution in [0.2, 0.25) is 0 Å². The molecule has 134 valence electrons. The van der Waals surface area contributed by atoms with Crippen LogP contribution in [-0.2, 0) is 6.54 Å². The topological polar surface area (TPSA) is 121 Å². The number of hydrogen-bond donors (Lipinski definition) is 0. The van der Waals surface area contributed by atoms with Gasteiger partial charge in [0.05, 0.1) is 38.2 Å². The van der Waals surface area contributed by atoms with Gasteiger partial charge in [-0.3, -0.25) is 25.0 Å². The van der Waals surface area contributed by atoms with Crippen molar-refractivity contribution < 1.29 is 14.6 Å². The van der Waals surface area contributed by atoms with E-state index in [1.807, 2.05) is 24.3 Å². The Balaban J connectivity index is 2.16. The number of non-ortho nitro benzene ring substituents is 2. The molecule has 1 heterocycles. The van der Waals surface area contributed by atoms with Crippen molar-refractivity contribution in [1.82, 2.24) is 4.57 Å². The fourth-order valence-electron chi connectivity index (χ4n) is 2.43. The first kappa shape index (κ1) is 18.0. The summed E-state index contributed by atoms with van der Waals surface area (Å²) < 4.78 is 2.51. The Labute approximate surface area is 155 Å². The SMILES string of the molecule is C#CCn1c(=NC(=O)c2cc([N+](=O)[O-])cc([N+](=O)[O-])c2)sc2ccccc21. The van der Waals surface area contributed by atoms with Crippen molar-refractivity contribution in [3.8, 4) is 12.3 Å². The van der Waals surface area contributed by atoms with Crippen LogP contribution in [0.25, 0.3) is 10.2 Å². The van der Waals surface area contributed by atoms with Crippen LogP contribution in [0, 0.1) is 32.6 Å². The predicted octanol–water partition coefficient (Wildman–Crippen LogP) is 2.89. The Bertz CT molecular complexity index is 1170. The number of fused-ring (bicyclic) bond motifs is 1. The zero-order valence-electron chi connectivity index (χ0n) is 13.6.